The van der Waals surface area contributed by atoms with Crippen molar-refractivity contribution in [1.29, 1.82) is 0 Å². The number of rotatable bonds is 2. The van der Waals surface area contributed by atoms with Gasteiger partial charge in [0.05, 0.1) is 13.2 Å². The number of furan rings is 1. The fourth-order valence-corrected chi connectivity index (χ4v) is 4.53. The Balaban J connectivity index is 1.69. The summed E-state index contributed by atoms with van der Waals surface area (Å²) in [7, 11) is 2.11. The Kier molecular flexibility index (Phi) is 4.28. The van der Waals surface area contributed by atoms with Crippen molar-refractivity contribution in [1.82, 2.24) is 4.98 Å². The van der Waals surface area contributed by atoms with Crippen molar-refractivity contribution in [2.24, 2.45) is 7.05 Å². The number of fused-ring (bicyclic) bond motifs is 3. The van der Waals surface area contributed by atoms with Crippen LogP contribution < -0.4 is 20.0 Å². The topological polar surface area (TPSA) is 33.2 Å². The molecule has 1 aliphatic heterocycles. The zero-order chi connectivity index (χ0) is 21.0. The second-order valence-electron chi connectivity index (χ2n) is 8.22. The van der Waals surface area contributed by atoms with Gasteiger partial charge in [-0.3, -0.25) is 4.81 Å². The van der Waals surface area contributed by atoms with Crippen LogP contribution in [0.2, 0.25) is 6.82 Å². The highest BCUT2D eigenvalue weighted by Crippen LogP contribution is 2.27. The summed E-state index contributed by atoms with van der Waals surface area (Å²) >= 11 is 0. The molecule has 1 aromatic carbocycles. The van der Waals surface area contributed by atoms with Crippen LogP contribution in [0.3, 0.4) is 0 Å². The number of benzene rings is 1. The Hall–Kier alpha value is -3.34. The standard InChI is InChI=1S/C25H25BN3O/c1-16-13-23(28(5)15-22(16)19-9-7-6-8-10-19)29-18(3)24-21(14-26(29)4)20-12-11-17(2)27-25(20)30-24/h6-15H,1-5H3/q+1. The summed E-state index contributed by atoms with van der Waals surface area (Å²) in [5.41, 5.74) is 7.43. The van der Waals surface area contributed by atoms with Crippen molar-refractivity contribution in [3.8, 4) is 11.1 Å². The minimum Gasteiger partial charge on any atom is -0.434 e. The van der Waals surface area contributed by atoms with E-state index < -0.39 is 0 Å². The van der Waals surface area contributed by atoms with Crippen LogP contribution in [0.15, 0.2) is 59.1 Å². The second-order valence-corrected chi connectivity index (χ2v) is 8.22. The molecule has 0 atom stereocenters. The normalized spacial score (nSPS) is 13.6. The SMILES string of the molecule is CB1C=c2c(oc3nc(C)ccc23)=C(C)N1c1cc(C)c(-c2ccccc2)c[n+]1C. The smallest absolute Gasteiger partial charge is 0.402 e. The Labute approximate surface area is 176 Å². The van der Waals surface area contributed by atoms with Gasteiger partial charge in [0.1, 0.15) is 5.70 Å². The monoisotopic (exact) mass is 394 g/mol. The van der Waals surface area contributed by atoms with Gasteiger partial charge >= 0.3 is 6.85 Å². The number of anilines is 1. The van der Waals surface area contributed by atoms with E-state index in [0.29, 0.717) is 5.71 Å². The molecule has 148 valence electrons. The van der Waals surface area contributed by atoms with Gasteiger partial charge < -0.3 is 4.42 Å². The average Bonchev–Trinajstić information content (AvgIpc) is 3.08. The molecule has 0 N–H and O–H groups in total. The van der Waals surface area contributed by atoms with Crippen LogP contribution >= 0.6 is 0 Å². The summed E-state index contributed by atoms with van der Waals surface area (Å²) in [6.07, 6.45) is 2.22. The third-order valence-corrected chi connectivity index (χ3v) is 6.02. The van der Waals surface area contributed by atoms with E-state index in [1.165, 1.54) is 16.7 Å². The lowest BCUT2D eigenvalue weighted by atomic mass is 9.60. The van der Waals surface area contributed by atoms with Crippen molar-refractivity contribution in [3.63, 3.8) is 0 Å². The molecule has 0 amide bonds. The van der Waals surface area contributed by atoms with Crippen molar-refractivity contribution < 1.29 is 8.98 Å². The molecule has 4 heterocycles. The lowest BCUT2D eigenvalue weighted by molar-refractivity contribution is -0.657. The van der Waals surface area contributed by atoms with Crippen LogP contribution in [-0.2, 0) is 7.05 Å². The van der Waals surface area contributed by atoms with Crippen molar-refractivity contribution in [2.45, 2.75) is 27.6 Å². The van der Waals surface area contributed by atoms with E-state index in [4.69, 9.17) is 4.42 Å². The summed E-state index contributed by atoms with van der Waals surface area (Å²) in [6, 6.07) is 17.0. The first kappa shape index (κ1) is 18.7. The predicted molar refractivity (Wildman–Crippen MR) is 123 cm³/mol. The third kappa shape index (κ3) is 2.85. The minimum atomic E-state index is 0.202. The van der Waals surface area contributed by atoms with Crippen LogP contribution in [0, 0.1) is 13.8 Å². The van der Waals surface area contributed by atoms with Crippen molar-refractivity contribution in [3.05, 3.63) is 76.6 Å². The predicted octanol–water partition coefficient (Wildman–Crippen LogP) is 3.53. The van der Waals surface area contributed by atoms with E-state index in [1.807, 2.05) is 13.0 Å². The molecule has 1 aliphatic rings. The molecule has 0 radical (unpaired) electrons. The zero-order valence-electron chi connectivity index (χ0n) is 18.1. The Morgan fingerprint density at radius 3 is 2.57 bits per heavy atom. The van der Waals surface area contributed by atoms with E-state index in [0.717, 1.165) is 33.2 Å². The largest absolute Gasteiger partial charge is 0.434 e. The van der Waals surface area contributed by atoms with Crippen molar-refractivity contribution >= 4 is 35.4 Å². The number of nitrogens with zero attached hydrogens (tertiary/aromatic N) is 3. The van der Waals surface area contributed by atoms with E-state index >= 15 is 0 Å². The average molecular weight is 394 g/mol. The molecule has 4 nitrogen and oxygen atoms in total. The number of aryl methyl sites for hydroxylation is 3. The van der Waals surface area contributed by atoms with Crippen LogP contribution in [0.25, 0.3) is 33.9 Å². The summed E-state index contributed by atoms with van der Waals surface area (Å²) in [4.78, 5) is 6.94. The zero-order valence-corrected chi connectivity index (χ0v) is 18.1. The first-order chi connectivity index (χ1) is 14.4. The maximum absolute atomic E-state index is 6.22. The van der Waals surface area contributed by atoms with E-state index in [2.05, 4.69) is 96.7 Å². The van der Waals surface area contributed by atoms with Crippen LogP contribution in [-0.4, -0.2) is 11.8 Å². The highest BCUT2D eigenvalue weighted by Gasteiger charge is 2.34. The quantitative estimate of drug-likeness (QED) is 0.385. The number of pyridine rings is 2. The van der Waals surface area contributed by atoms with Crippen LogP contribution in [0.5, 0.6) is 0 Å². The maximum atomic E-state index is 6.22. The maximum Gasteiger partial charge on any atom is 0.402 e. The molecule has 4 aromatic rings. The molecule has 0 fully saturated rings. The van der Waals surface area contributed by atoms with Gasteiger partial charge in [-0.25, -0.2) is 9.55 Å². The van der Waals surface area contributed by atoms with Crippen LogP contribution in [0.1, 0.15) is 18.2 Å². The van der Waals surface area contributed by atoms with E-state index in [1.54, 1.807) is 0 Å². The van der Waals surface area contributed by atoms with Gasteiger partial charge in [-0.1, -0.05) is 36.3 Å². The second kappa shape index (κ2) is 6.87. The molecule has 0 bridgehead atoms. The number of hydrogen-bond acceptors (Lipinski definition) is 3. The molecule has 0 unspecified atom stereocenters. The highest BCUT2D eigenvalue weighted by molar-refractivity contribution is 6.77. The van der Waals surface area contributed by atoms with Crippen LogP contribution in [0.4, 0.5) is 5.82 Å². The first-order valence-electron chi connectivity index (χ1n) is 10.4. The summed E-state index contributed by atoms with van der Waals surface area (Å²) < 4.78 is 8.42. The van der Waals surface area contributed by atoms with Gasteiger partial charge in [0.2, 0.25) is 5.71 Å². The van der Waals surface area contributed by atoms with E-state index in [-0.39, 0.29) is 6.85 Å². The summed E-state index contributed by atoms with van der Waals surface area (Å²) in [6.45, 7) is 8.74. The van der Waals surface area contributed by atoms with Gasteiger partial charge in [0, 0.05) is 27.9 Å². The molecule has 0 spiro atoms. The fourth-order valence-electron chi connectivity index (χ4n) is 4.53. The molecule has 0 saturated carbocycles. The Bertz CT molecular complexity index is 1410. The van der Waals surface area contributed by atoms with Gasteiger partial charge in [-0.15, -0.1) is 0 Å². The fraction of sp³-hybridized carbons (Fsp3) is 0.200. The molecule has 0 saturated heterocycles. The number of aromatic nitrogens is 2. The third-order valence-electron chi connectivity index (χ3n) is 6.02. The van der Waals surface area contributed by atoms with Gasteiger partial charge in [-0.2, -0.15) is 0 Å². The molecular formula is C25H25BN3O+. The highest BCUT2D eigenvalue weighted by atomic mass is 16.3. The first-order valence-corrected chi connectivity index (χ1v) is 10.4. The molecule has 5 rings (SSSR count). The summed E-state index contributed by atoms with van der Waals surface area (Å²) in [5, 5.41) is 2.24. The lowest BCUT2D eigenvalue weighted by Gasteiger charge is -2.24. The van der Waals surface area contributed by atoms with Gasteiger partial charge in [-0.05, 0) is 50.9 Å². The van der Waals surface area contributed by atoms with Crippen molar-refractivity contribution in [2.75, 3.05) is 4.81 Å². The number of hydrogen-bond donors (Lipinski definition) is 0. The van der Waals surface area contributed by atoms with Gasteiger partial charge in [0.25, 0.3) is 5.82 Å². The molecule has 5 heteroatoms. The Morgan fingerprint density at radius 2 is 1.80 bits per heavy atom. The molecule has 30 heavy (non-hydrogen) atoms. The Morgan fingerprint density at radius 1 is 1.03 bits per heavy atom. The minimum absolute atomic E-state index is 0.202. The van der Waals surface area contributed by atoms with E-state index in [9.17, 15) is 0 Å². The molecular weight excluding hydrogens is 369 g/mol. The molecule has 0 aliphatic carbocycles. The lowest BCUT2D eigenvalue weighted by Crippen LogP contribution is -2.50. The molecule has 3 aromatic heterocycles. The van der Waals surface area contributed by atoms with Gasteiger partial charge in [0.15, 0.2) is 5.42 Å². The summed E-state index contributed by atoms with van der Waals surface area (Å²) in [5.74, 6) is 3.43.